The Morgan fingerprint density at radius 3 is 2.62 bits per heavy atom. The van der Waals surface area contributed by atoms with Crippen molar-refractivity contribution in [3.8, 4) is 0 Å². The maximum atomic E-state index is 12.5. The van der Waals surface area contributed by atoms with E-state index in [9.17, 15) is 9.59 Å². The quantitative estimate of drug-likeness (QED) is 0.705. The summed E-state index contributed by atoms with van der Waals surface area (Å²) in [7, 11) is 0. The number of para-hydroxylation sites is 1. The highest BCUT2D eigenvalue weighted by Crippen LogP contribution is 2.20. The molecule has 6 heteroatoms. The molecule has 136 valence electrons. The minimum atomic E-state index is -0.420. The zero-order valence-corrected chi connectivity index (χ0v) is 14.9. The molecule has 26 heavy (non-hydrogen) atoms. The van der Waals surface area contributed by atoms with Crippen molar-refractivity contribution < 1.29 is 13.6 Å². The number of likely N-dealkylation sites (N-methyl/N-ethyl adjacent to an activating group) is 1. The molecule has 0 radical (unpaired) electrons. The van der Waals surface area contributed by atoms with Gasteiger partial charge < -0.3 is 14.2 Å². The number of nitrogens with zero attached hydrogens (tertiary/aromatic N) is 1. The minimum absolute atomic E-state index is 0.00596. The number of amides is 1. The summed E-state index contributed by atoms with van der Waals surface area (Å²) >= 11 is 0. The Morgan fingerprint density at radius 2 is 1.92 bits per heavy atom. The van der Waals surface area contributed by atoms with Crippen LogP contribution in [-0.4, -0.2) is 30.4 Å². The van der Waals surface area contributed by atoms with Gasteiger partial charge in [0.05, 0.1) is 17.7 Å². The van der Waals surface area contributed by atoms with Gasteiger partial charge in [0, 0.05) is 12.6 Å². The molecule has 0 aliphatic rings. The van der Waals surface area contributed by atoms with Crippen molar-refractivity contribution in [3.05, 3.63) is 70.5 Å². The van der Waals surface area contributed by atoms with Gasteiger partial charge in [0.2, 0.25) is 0 Å². The van der Waals surface area contributed by atoms with E-state index in [0.29, 0.717) is 17.5 Å². The van der Waals surface area contributed by atoms with E-state index >= 15 is 0 Å². The molecule has 0 aliphatic carbocycles. The Kier molecular flexibility index (Phi) is 5.53. The number of fused-ring (bicyclic) bond motifs is 1. The molecule has 0 fully saturated rings. The summed E-state index contributed by atoms with van der Waals surface area (Å²) in [5.41, 5.74) is 0.166. The largest absolute Gasteiger partial charge is 0.468 e. The summed E-state index contributed by atoms with van der Waals surface area (Å²) in [4.78, 5) is 26.9. The number of hydrogen-bond acceptors (Lipinski definition) is 5. The van der Waals surface area contributed by atoms with Crippen LogP contribution >= 0.6 is 0 Å². The zero-order chi connectivity index (χ0) is 18.5. The van der Waals surface area contributed by atoms with Crippen molar-refractivity contribution >= 4 is 16.9 Å². The topological polar surface area (TPSA) is 75.7 Å². The highest BCUT2D eigenvalue weighted by molar-refractivity contribution is 5.93. The molecule has 2 aromatic heterocycles. The molecule has 1 atom stereocenters. The van der Waals surface area contributed by atoms with Crippen molar-refractivity contribution in [1.29, 1.82) is 0 Å². The second-order valence-corrected chi connectivity index (χ2v) is 5.93. The van der Waals surface area contributed by atoms with Gasteiger partial charge in [0.15, 0.2) is 11.2 Å². The first kappa shape index (κ1) is 17.9. The van der Waals surface area contributed by atoms with E-state index in [1.165, 1.54) is 6.07 Å². The lowest BCUT2D eigenvalue weighted by Crippen LogP contribution is -2.38. The molecule has 3 aromatic rings. The second kappa shape index (κ2) is 8.01. The van der Waals surface area contributed by atoms with E-state index in [0.717, 1.165) is 18.8 Å². The van der Waals surface area contributed by atoms with Crippen molar-refractivity contribution in [2.24, 2.45) is 0 Å². The number of rotatable bonds is 7. The molecule has 0 aliphatic heterocycles. The fourth-order valence-corrected chi connectivity index (χ4v) is 3.05. The third kappa shape index (κ3) is 3.70. The molecular formula is C20H22N2O4. The van der Waals surface area contributed by atoms with Crippen LogP contribution in [0.4, 0.5) is 0 Å². The summed E-state index contributed by atoms with van der Waals surface area (Å²) in [6, 6.07) is 11.7. The number of nitrogens with one attached hydrogen (secondary N) is 1. The monoisotopic (exact) mass is 354 g/mol. The van der Waals surface area contributed by atoms with E-state index in [-0.39, 0.29) is 17.2 Å². The maximum Gasteiger partial charge on any atom is 0.287 e. The summed E-state index contributed by atoms with van der Waals surface area (Å²) in [6.45, 7) is 6.11. The summed E-state index contributed by atoms with van der Waals surface area (Å²) in [6.07, 6.45) is 1.62. The van der Waals surface area contributed by atoms with E-state index in [4.69, 9.17) is 8.83 Å². The first-order chi connectivity index (χ1) is 12.6. The molecular weight excluding hydrogens is 332 g/mol. The molecule has 0 saturated carbocycles. The van der Waals surface area contributed by atoms with E-state index in [1.54, 1.807) is 30.5 Å². The standard InChI is InChI=1S/C20H22N2O4/c1-3-22(4-2)15(18-10-7-11-25-18)13-21-20(24)19-12-16(23)14-8-5-6-9-17(14)26-19/h5-12,15H,3-4,13H2,1-2H3,(H,21,24)/t15-/m1/s1. The average molecular weight is 354 g/mol. The fraction of sp³-hybridized carbons (Fsp3) is 0.300. The smallest absolute Gasteiger partial charge is 0.287 e. The highest BCUT2D eigenvalue weighted by atomic mass is 16.3. The van der Waals surface area contributed by atoms with Crippen LogP contribution in [0, 0.1) is 0 Å². The van der Waals surface area contributed by atoms with Crippen LogP contribution in [-0.2, 0) is 0 Å². The van der Waals surface area contributed by atoms with Crippen molar-refractivity contribution in [2.45, 2.75) is 19.9 Å². The van der Waals surface area contributed by atoms with Gasteiger partial charge in [0.25, 0.3) is 5.91 Å². The van der Waals surface area contributed by atoms with Gasteiger partial charge in [-0.05, 0) is 37.4 Å². The van der Waals surface area contributed by atoms with E-state index in [1.807, 2.05) is 12.1 Å². The lowest BCUT2D eigenvalue weighted by Gasteiger charge is -2.28. The normalized spacial score (nSPS) is 12.4. The van der Waals surface area contributed by atoms with Gasteiger partial charge in [0.1, 0.15) is 11.3 Å². The number of carbonyl (C=O) groups excluding carboxylic acids is 1. The molecule has 0 spiro atoms. The van der Waals surface area contributed by atoms with E-state index in [2.05, 4.69) is 24.1 Å². The van der Waals surface area contributed by atoms with Crippen LogP contribution in [0.5, 0.6) is 0 Å². The van der Waals surface area contributed by atoms with Gasteiger partial charge in [-0.1, -0.05) is 26.0 Å². The lowest BCUT2D eigenvalue weighted by atomic mass is 10.1. The van der Waals surface area contributed by atoms with Gasteiger partial charge in [-0.2, -0.15) is 0 Å². The van der Waals surface area contributed by atoms with Gasteiger partial charge in [-0.25, -0.2) is 0 Å². The van der Waals surface area contributed by atoms with Crippen molar-refractivity contribution in [1.82, 2.24) is 10.2 Å². The Hall–Kier alpha value is -2.86. The molecule has 1 amide bonds. The molecule has 0 bridgehead atoms. The highest BCUT2D eigenvalue weighted by Gasteiger charge is 2.22. The Morgan fingerprint density at radius 1 is 1.15 bits per heavy atom. The number of hydrogen-bond donors (Lipinski definition) is 1. The van der Waals surface area contributed by atoms with Crippen LogP contribution in [0.25, 0.3) is 11.0 Å². The van der Waals surface area contributed by atoms with E-state index < -0.39 is 5.91 Å². The van der Waals surface area contributed by atoms with Gasteiger partial charge in [-0.3, -0.25) is 14.5 Å². The third-order valence-corrected chi connectivity index (χ3v) is 4.44. The van der Waals surface area contributed by atoms with Crippen LogP contribution in [0.15, 0.2) is 62.4 Å². The third-order valence-electron chi connectivity index (χ3n) is 4.44. The Labute approximate surface area is 151 Å². The summed E-state index contributed by atoms with van der Waals surface area (Å²) in [5.74, 6) is 0.372. The summed E-state index contributed by atoms with van der Waals surface area (Å²) in [5, 5.41) is 3.31. The first-order valence-electron chi connectivity index (χ1n) is 8.72. The molecule has 1 aromatic carbocycles. The zero-order valence-electron chi connectivity index (χ0n) is 14.9. The Balaban J connectivity index is 1.79. The molecule has 6 nitrogen and oxygen atoms in total. The molecule has 2 heterocycles. The molecule has 0 unspecified atom stereocenters. The van der Waals surface area contributed by atoms with Crippen LogP contribution < -0.4 is 10.7 Å². The first-order valence-corrected chi connectivity index (χ1v) is 8.72. The molecule has 1 N–H and O–H groups in total. The number of furan rings is 1. The number of benzene rings is 1. The van der Waals surface area contributed by atoms with Crippen molar-refractivity contribution in [3.63, 3.8) is 0 Å². The van der Waals surface area contributed by atoms with Crippen molar-refractivity contribution in [2.75, 3.05) is 19.6 Å². The van der Waals surface area contributed by atoms with Gasteiger partial charge in [-0.15, -0.1) is 0 Å². The maximum absolute atomic E-state index is 12.5. The minimum Gasteiger partial charge on any atom is -0.468 e. The molecule has 0 saturated heterocycles. The van der Waals surface area contributed by atoms with Crippen LogP contribution in [0.3, 0.4) is 0 Å². The van der Waals surface area contributed by atoms with Crippen LogP contribution in [0.1, 0.15) is 36.2 Å². The Bertz CT molecular complexity index is 926. The SMILES string of the molecule is CCN(CC)[C@H](CNC(=O)c1cc(=O)c2ccccc2o1)c1ccco1. The predicted octanol–water partition coefficient (Wildman–Crippen LogP) is 3.20. The number of carbonyl (C=O) groups is 1. The van der Waals surface area contributed by atoms with Crippen LogP contribution in [0.2, 0.25) is 0 Å². The average Bonchev–Trinajstić information content (AvgIpc) is 3.19. The fourth-order valence-electron chi connectivity index (χ4n) is 3.05. The lowest BCUT2D eigenvalue weighted by molar-refractivity contribution is 0.0902. The van der Waals surface area contributed by atoms with Gasteiger partial charge >= 0.3 is 0 Å². The summed E-state index contributed by atoms with van der Waals surface area (Å²) < 4.78 is 11.1. The second-order valence-electron chi connectivity index (χ2n) is 5.93. The predicted molar refractivity (Wildman–Crippen MR) is 99.2 cm³/mol. The molecule has 3 rings (SSSR count).